The van der Waals surface area contributed by atoms with Crippen molar-refractivity contribution in [2.45, 2.75) is 52.3 Å². The first-order valence-electron chi connectivity index (χ1n) is 5.54. The van der Waals surface area contributed by atoms with E-state index in [1.54, 1.807) is 6.92 Å². The average Bonchev–Trinajstić information content (AvgIpc) is 2.11. The van der Waals surface area contributed by atoms with Crippen molar-refractivity contribution >= 4 is 17.0 Å². The average molecular weight is 249 g/mol. The lowest BCUT2D eigenvalue weighted by Gasteiger charge is -2.25. The maximum atomic E-state index is 11.9. The Morgan fingerprint density at radius 3 is 2.19 bits per heavy atom. The normalized spacial score (nSPS) is 15.9. The van der Waals surface area contributed by atoms with Crippen LogP contribution in [0, 0.1) is 5.92 Å². The Bertz CT molecular complexity index is 258. The third kappa shape index (κ3) is 5.07. The predicted octanol–water partition coefficient (Wildman–Crippen LogP) is 1.63. The predicted molar refractivity (Wildman–Crippen MR) is 66.3 cm³/mol. The van der Waals surface area contributed by atoms with Gasteiger partial charge in [0, 0.05) is 0 Å². The van der Waals surface area contributed by atoms with Crippen molar-refractivity contribution in [3.63, 3.8) is 0 Å². The van der Waals surface area contributed by atoms with Crippen molar-refractivity contribution in [3.05, 3.63) is 0 Å². The Morgan fingerprint density at radius 2 is 1.88 bits per heavy atom. The Hall–Kier alpha value is -0.420. The number of nitrogens with one attached hydrogen (secondary N) is 1. The Labute approximate surface area is 101 Å². The SMILES string of the molecule is CCOC(=O)[C@H](N[S@](=O)C(C)(C)C)C(C)C. The lowest BCUT2D eigenvalue weighted by Crippen LogP contribution is -2.47. The van der Waals surface area contributed by atoms with Crippen LogP contribution in [-0.4, -0.2) is 27.6 Å². The molecule has 0 saturated carbocycles. The number of carbonyl (C=O) groups is 1. The fourth-order valence-corrected chi connectivity index (χ4v) is 1.93. The molecule has 96 valence electrons. The summed E-state index contributed by atoms with van der Waals surface area (Å²) in [5.41, 5.74) is 0. The van der Waals surface area contributed by atoms with E-state index < -0.39 is 17.0 Å². The minimum atomic E-state index is -1.26. The van der Waals surface area contributed by atoms with Crippen LogP contribution in [0.3, 0.4) is 0 Å². The van der Waals surface area contributed by atoms with Crippen LogP contribution in [0.15, 0.2) is 0 Å². The molecule has 0 aliphatic rings. The lowest BCUT2D eigenvalue weighted by molar-refractivity contribution is -0.146. The Kier molecular flexibility index (Phi) is 6.18. The minimum Gasteiger partial charge on any atom is -0.465 e. The zero-order chi connectivity index (χ0) is 12.9. The highest BCUT2D eigenvalue weighted by atomic mass is 32.2. The zero-order valence-corrected chi connectivity index (χ0v) is 11.8. The molecule has 0 unspecified atom stereocenters. The van der Waals surface area contributed by atoms with Crippen molar-refractivity contribution in [2.75, 3.05) is 6.61 Å². The van der Waals surface area contributed by atoms with E-state index in [-0.39, 0.29) is 16.6 Å². The number of ether oxygens (including phenoxy) is 1. The second-order valence-corrected chi connectivity index (χ2v) is 6.97. The van der Waals surface area contributed by atoms with Gasteiger partial charge in [-0.2, -0.15) is 0 Å². The smallest absolute Gasteiger partial charge is 0.324 e. The van der Waals surface area contributed by atoms with Gasteiger partial charge in [0.2, 0.25) is 0 Å². The largest absolute Gasteiger partial charge is 0.465 e. The van der Waals surface area contributed by atoms with E-state index in [9.17, 15) is 9.00 Å². The van der Waals surface area contributed by atoms with Crippen LogP contribution < -0.4 is 4.72 Å². The van der Waals surface area contributed by atoms with Crippen LogP contribution in [0.2, 0.25) is 0 Å². The molecule has 5 heteroatoms. The first kappa shape index (κ1) is 15.6. The van der Waals surface area contributed by atoms with Crippen molar-refractivity contribution in [1.29, 1.82) is 0 Å². The fourth-order valence-electron chi connectivity index (χ4n) is 0.980. The number of esters is 1. The van der Waals surface area contributed by atoms with Crippen LogP contribution in [-0.2, 0) is 20.5 Å². The van der Waals surface area contributed by atoms with Crippen LogP contribution in [0.1, 0.15) is 41.5 Å². The van der Waals surface area contributed by atoms with Gasteiger partial charge in [0.05, 0.1) is 22.3 Å². The van der Waals surface area contributed by atoms with E-state index in [1.165, 1.54) is 0 Å². The molecule has 0 aliphatic heterocycles. The van der Waals surface area contributed by atoms with Gasteiger partial charge in [-0.15, -0.1) is 0 Å². The molecule has 2 atom stereocenters. The van der Waals surface area contributed by atoms with Crippen LogP contribution in [0.4, 0.5) is 0 Å². The molecule has 0 aromatic carbocycles. The Morgan fingerprint density at radius 1 is 1.38 bits per heavy atom. The lowest BCUT2D eigenvalue weighted by atomic mass is 10.1. The number of hydrogen-bond acceptors (Lipinski definition) is 3. The van der Waals surface area contributed by atoms with Crippen LogP contribution in [0.25, 0.3) is 0 Å². The fraction of sp³-hybridized carbons (Fsp3) is 0.909. The molecule has 0 aromatic heterocycles. The highest BCUT2D eigenvalue weighted by molar-refractivity contribution is 7.84. The van der Waals surface area contributed by atoms with Gasteiger partial charge in [-0.1, -0.05) is 13.8 Å². The Balaban J connectivity index is 4.59. The summed E-state index contributed by atoms with van der Waals surface area (Å²) in [6.45, 7) is 11.5. The maximum absolute atomic E-state index is 11.9. The summed E-state index contributed by atoms with van der Waals surface area (Å²) in [5.74, 6) is -0.291. The third-order valence-electron chi connectivity index (χ3n) is 2.00. The van der Waals surface area contributed by atoms with Gasteiger partial charge in [0.25, 0.3) is 0 Å². The number of rotatable bonds is 5. The number of carbonyl (C=O) groups excluding carboxylic acids is 1. The second kappa shape index (κ2) is 6.35. The van der Waals surface area contributed by atoms with Gasteiger partial charge in [-0.05, 0) is 33.6 Å². The molecule has 0 fully saturated rings. The van der Waals surface area contributed by atoms with Crippen LogP contribution >= 0.6 is 0 Å². The molecule has 0 bridgehead atoms. The topological polar surface area (TPSA) is 55.4 Å². The van der Waals surface area contributed by atoms with E-state index in [4.69, 9.17) is 4.74 Å². The van der Waals surface area contributed by atoms with Gasteiger partial charge in [0.1, 0.15) is 6.04 Å². The first-order chi connectivity index (χ1) is 7.20. The van der Waals surface area contributed by atoms with E-state index in [1.807, 2.05) is 34.6 Å². The van der Waals surface area contributed by atoms with Gasteiger partial charge < -0.3 is 4.74 Å². The van der Waals surface area contributed by atoms with Crippen molar-refractivity contribution in [3.8, 4) is 0 Å². The van der Waals surface area contributed by atoms with Crippen molar-refractivity contribution < 1.29 is 13.7 Å². The molecule has 1 N–H and O–H groups in total. The molecule has 0 rings (SSSR count). The molecule has 4 nitrogen and oxygen atoms in total. The highest BCUT2D eigenvalue weighted by Gasteiger charge is 2.29. The summed E-state index contributed by atoms with van der Waals surface area (Å²) >= 11 is 0. The van der Waals surface area contributed by atoms with Crippen molar-refractivity contribution in [1.82, 2.24) is 4.72 Å². The van der Waals surface area contributed by atoms with E-state index >= 15 is 0 Å². The summed E-state index contributed by atoms with van der Waals surface area (Å²) in [6, 6.07) is -0.514. The van der Waals surface area contributed by atoms with Gasteiger partial charge in [-0.3, -0.25) is 4.79 Å². The minimum absolute atomic E-state index is 0.0466. The molecule has 16 heavy (non-hydrogen) atoms. The molecular weight excluding hydrogens is 226 g/mol. The molecule has 0 amide bonds. The van der Waals surface area contributed by atoms with Gasteiger partial charge >= 0.3 is 5.97 Å². The molecule has 0 aliphatic carbocycles. The monoisotopic (exact) mass is 249 g/mol. The van der Waals surface area contributed by atoms with E-state index in [0.29, 0.717) is 6.61 Å². The molecule has 0 radical (unpaired) electrons. The second-order valence-electron chi connectivity index (χ2n) is 4.97. The summed E-state index contributed by atoms with van der Waals surface area (Å²) in [5, 5.41) is 0. The van der Waals surface area contributed by atoms with Gasteiger partial charge in [0.15, 0.2) is 0 Å². The maximum Gasteiger partial charge on any atom is 0.324 e. The van der Waals surface area contributed by atoms with E-state index in [0.717, 1.165) is 0 Å². The molecule has 0 saturated heterocycles. The van der Waals surface area contributed by atoms with Crippen LogP contribution in [0.5, 0.6) is 0 Å². The summed E-state index contributed by atoms with van der Waals surface area (Å²) < 4.78 is 19.3. The summed E-state index contributed by atoms with van der Waals surface area (Å²) in [6.07, 6.45) is 0. The molecule has 0 aromatic rings. The first-order valence-corrected chi connectivity index (χ1v) is 6.69. The summed E-state index contributed by atoms with van der Waals surface area (Å²) in [7, 11) is -1.26. The van der Waals surface area contributed by atoms with Gasteiger partial charge in [-0.25, -0.2) is 8.93 Å². The standard InChI is InChI=1S/C11H23NO3S/c1-7-15-10(13)9(8(2)3)12-16(14)11(4,5)6/h8-9,12H,7H2,1-6H3/t9-,16-/m1/s1. The van der Waals surface area contributed by atoms with Crippen molar-refractivity contribution in [2.24, 2.45) is 5.92 Å². The highest BCUT2D eigenvalue weighted by Crippen LogP contribution is 2.12. The molecular formula is C11H23NO3S. The zero-order valence-electron chi connectivity index (χ0n) is 11.0. The summed E-state index contributed by atoms with van der Waals surface area (Å²) in [4.78, 5) is 11.6. The quantitative estimate of drug-likeness (QED) is 0.753. The molecule has 0 spiro atoms. The third-order valence-corrected chi connectivity index (χ3v) is 3.58. The van der Waals surface area contributed by atoms with E-state index in [2.05, 4.69) is 4.72 Å². The number of hydrogen-bond donors (Lipinski definition) is 1. The molecule has 0 heterocycles.